The van der Waals surface area contributed by atoms with Crippen molar-refractivity contribution in [1.29, 1.82) is 0 Å². The van der Waals surface area contributed by atoms with Gasteiger partial charge in [-0.05, 0) is 69.0 Å². The smallest absolute Gasteiger partial charge is 0.230 e. The van der Waals surface area contributed by atoms with E-state index in [0.717, 1.165) is 35.2 Å². The highest BCUT2D eigenvalue weighted by atomic mass is 32.2. The number of aryl methyl sites for hydroxylation is 3. The molecule has 1 aromatic carbocycles. The number of sulfone groups is 1. The molecule has 2 aromatic heterocycles. The number of benzene rings is 1. The Morgan fingerprint density at radius 2 is 1.73 bits per heavy atom. The molecule has 2 N–H and O–H groups in total. The third-order valence-electron chi connectivity index (χ3n) is 5.97. The Morgan fingerprint density at radius 1 is 1.06 bits per heavy atom. The van der Waals surface area contributed by atoms with Crippen LogP contribution in [0.25, 0.3) is 0 Å². The fraction of sp³-hybridized carbons (Fsp3) is 0.320. The van der Waals surface area contributed by atoms with Gasteiger partial charge in [-0.1, -0.05) is 30.7 Å². The molecule has 1 saturated carbocycles. The van der Waals surface area contributed by atoms with E-state index >= 15 is 0 Å². The van der Waals surface area contributed by atoms with Gasteiger partial charge < -0.3 is 10.5 Å². The second kappa shape index (κ2) is 8.26. The van der Waals surface area contributed by atoms with Crippen LogP contribution in [0, 0.1) is 20.8 Å². The van der Waals surface area contributed by atoms with E-state index < -0.39 is 21.4 Å². The monoisotopic (exact) mass is 465 g/mol. The lowest BCUT2D eigenvalue weighted by molar-refractivity contribution is 0.101. The Balaban J connectivity index is 1.73. The molecule has 0 amide bonds. The second-order valence-corrected chi connectivity index (χ2v) is 11.0. The van der Waals surface area contributed by atoms with Crippen LogP contribution in [0.15, 0.2) is 47.5 Å². The number of ether oxygens (including phenoxy) is 1. The van der Waals surface area contributed by atoms with Crippen molar-refractivity contribution >= 4 is 21.4 Å². The molecule has 1 aliphatic rings. The van der Waals surface area contributed by atoms with Gasteiger partial charge in [-0.25, -0.2) is 18.4 Å². The number of nitrogen functional groups attached to an aromatic ring is 1. The Bertz CT molecular complexity index is 1340. The number of carbonyl (C=O) groups is 1. The van der Waals surface area contributed by atoms with Crippen molar-refractivity contribution in [3.63, 3.8) is 0 Å². The van der Waals surface area contributed by atoms with Crippen molar-refractivity contribution in [2.45, 2.75) is 51.0 Å². The summed E-state index contributed by atoms with van der Waals surface area (Å²) >= 11 is 0. The number of anilines is 1. The number of aromatic nitrogens is 2. The molecule has 3 aromatic rings. The quantitative estimate of drug-likeness (QED) is 0.512. The predicted octanol–water partition coefficient (Wildman–Crippen LogP) is 4.48. The Hall–Kier alpha value is -3.26. The minimum atomic E-state index is -3.99. The first-order chi connectivity index (χ1) is 15.5. The normalized spacial score (nSPS) is 14.7. The zero-order chi connectivity index (χ0) is 24.0. The summed E-state index contributed by atoms with van der Waals surface area (Å²) in [4.78, 5) is 21.7. The van der Waals surface area contributed by atoms with Gasteiger partial charge in [0.05, 0.1) is 11.3 Å². The molecular formula is C25H27N3O4S. The number of hydrogen-bond acceptors (Lipinski definition) is 7. The average Bonchev–Trinajstić information content (AvgIpc) is 3.49. The van der Waals surface area contributed by atoms with Crippen LogP contribution in [-0.4, -0.2) is 29.9 Å². The summed E-state index contributed by atoms with van der Waals surface area (Å²) in [6, 6.07) is 11.7. The van der Waals surface area contributed by atoms with E-state index in [4.69, 9.17) is 10.5 Å². The van der Waals surface area contributed by atoms with E-state index in [2.05, 4.69) is 16.9 Å². The van der Waals surface area contributed by atoms with Crippen molar-refractivity contribution in [2.24, 2.45) is 0 Å². The number of Topliss-reactive ketones (excluding diaryl/α,β-unsaturated/α-hetero) is 1. The van der Waals surface area contributed by atoms with E-state index in [1.807, 2.05) is 32.9 Å². The van der Waals surface area contributed by atoms with Gasteiger partial charge in [-0.15, -0.1) is 0 Å². The lowest BCUT2D eigenvalue weighted by atomic mass is 10.0. The van der Waals surface area contributed by atoms with Crippen molar-refractivity contribution in [1.82, 2.24) is 9.97 Å². The summed E-state index contributed by atoms with van der Waals surface area (Å²) in [6.07, 6.45) is 2.01. The van der Waals surface area contributed by atoms with Gasteiger partial charge in [0.15, 0.2) is 10.8 Å². The molecule has 0 saturated heterocycles. The topological polar surface area (TPSA) is 112 Å². The van der Waals surface area contributed by atoms with E-state index in [9.17, 15) is 13.2 Å². The lowest BCUT2D eigenvalue weighted by Gasteiger charge is -2.17. The fourth-order valence-electron chi connectivity index (χ4n) is 3.86. The maximum atomic E-state index is 13.2. The molecule has 0 spiro atoms. The predicted molar refractivity (Wildman–Crippen MR) is 127 cm³/mol. The largest absolute Gasteiger partial charge is 0.438 e. The summed E-state index contributed by atoms with van der Waals surface area (Å²) in [5.74, 6) is -0.570. The average molecular weight is 466 g/mol. The first kappa shape index (κ1) is 22.9. The van der Waals surface area contributed by atoms with Crippen LogP contribution >= 0.6 is 0 Å². The van der Waals surface area contributed by atoms with Crippen LogP contribution in [0.3, 0.4) is 0 Å². The minimum absolute atomic E-state index is 0.0470. The molecule has 0 radical (unpaired) electrons. The maximum Gasteiger partial charge on any atom is 0.230 e. The number of nitrogens with zero attached hydrogens (tertiary/aromatic N) is 2. The molecule has 4 rings (SSSR count). The summed E-state index contributed by atoms with van der Waals surface area (Å²) < 4.78 is 31.8. The van der Waals surface area contributed by atoms with Gasteiger partial charge in [0.2, 0.25) is 15.7 Å². The molecule has 0 atom stereocenters. The van der Waals surface area contributed by atoms with Crippen LogP contribution in [0.2, 0.25) is 0 Å². The Kier molecular flexibility index (Phi) is 5.74. The number of hydrogen-bond donors (Lipinski definition) is 1. The van der Waals surface area contributed by atoms with Crippen molar-refractivity contribution < 1.29 is 17.9 Å². The van der Waals surface area contributed by atoms with E-state index in [1.165, 1.54) is 18.2 Å². The molecule has 33 heavy (non-hydrogen) atoms. The van der Waals surface area contributed by atoms with Crippen LogP contribution in [0.5, 0.6) is 11.6 Å². The van der Waals surface area contributed by atoms with Gasteiger partial charge >= 0.3 is 0 Å². The first-order valence-corrected chi connectivity index (χ1v) is 12.4. The summed E-state index contributed by atoms with van der Waals surface area (Å²) in [7, 11) is -3.99. The molecule has 2 heterocycles. The summed E-state index contributed by atoms with van der Waals surface area (Å²) in [5.41, 5.74) is 9.44. The third-order valence-corrected chi connectivity index (χ3v) is 7.47. The molecule has 0 bridgehead atoms. The number of ketones is 1. The minimum Gasteiger partial charge on any atom is -0.438 e. The van der Waals surface area contributed by atoms with Gasteiger partial charge in [0.1, 0.15) is 17.3 Å². The van der Waals surface area contributed by atoms with Crippen molar-refractivity contribution in [3.05, 3.63) is 70.4 Å². The molecule has 1 fully saturated rings. The van der Waals surface area contributed by atoms with E-state index in [0.29, 0.717) is 5.75 Å². The first-order valence-electron chi connectivity index (χ1n) is 10.7. The number of carbonyl (C=O) groups excluding carboxylic acids is 1. The Labute approximate surface area is 194 Å². The fourth-order valence-corrected chi connectivity index (χ4v) is 5.04. The highest BCUT2D eigenvalue weighted by Gasteiger charge is 2.41. The van der Waals surface area contributed by atoms with E-state index in [1.54, 1.807) is 12.1 Å². The van der Waals surface area contributed by atoms with Gasteiger partial charge in [-0.2, -0.15) is 0 Å². The number of nitrogens with two attached hydrogens (primary N) is 1. The molecule has 7 nitrogen and oxygen atoms in total. The standard InChI is InChI=1S/C25H27N3O4S/c1-15-12-16(2)23(17(3)13-15)32-24-18(8-9-20(27-24)25(4)10-11-25)19(29)14-33(30,31)22-7-5-6-21(26)28-22/h5-9,12-13H,10-11,14H2,1-4H3,(H2,26,28). The SMILES string of the molecule is Cc1cc(C)c(Oc2nc(C3(C)CC3)ccc2C(=O)CS(=O)(=O)c2cccc(N)n2)c(C)c1. The maximum absolute atomic E-state index is 13.2. The highest BCUT2D eigenvalue weighted by molar-refractivity contribution is 7.92. The van der Waals surface area contributed by atoms with Gasteiger partial charge in [0.25, 0.3) is 0 Å². The van der Waals surface area contributed by atoms with Crippen LogP contribution in [0.1, 0.15) is 52.5 Å². The summed E-state index contributed by atoms with van der Waals surface area (Å²) in [5, 5.41) is -0.237. The number of pyridine rings is 2. The van der Waals surface area contributed by atoms with Crippen LogP contribution < -0.4 is 10.5 Å². The zero-order valence-corrected chi connectivity index (χ0v) is 20.0. The van der Waals surface area contributed by atoms with Crippen LogP contribution in [-0.2, 0) is 15.3 Å². The second-order valence-electron chi connectivity index (χ2n) is 9.02. The Morgan fingerprint density at radius 3 is 2.33 bits per heavy atom. The molecule has 1 aliphatic carbocycles. The van der Waals surface area contributed by atoms with Gasteiger partial charge in [-0.3, -0.25) is 4.79 Å². The molecule has 172 valence electrons. The highest BCUT2D eigenvalue weighted by Crippen LogP contribution is 2.47. The summed E-state index contributed by atoms with van der Waals surface area (Å²) in [6.45, 7) is 7.97. The zero-order valence-electron chi connectivity index (χ0n) is 19.2. The third kappa shape index (κ3) is 4.75. The van der Waals surface area contributed by atoms with E-state index in [-0.39, 0.29) is 27.7 Å². The lowest BCUT2D eigenvalue weighted by Crippen LogP contribution is -2.19. The van der Waals surface area contributed by atoms with Crippen molar-refractivity contribution in [2.75, 3.05) is 11.5 Å². The molecule has 0 unspecified atom stereocenters. The molecule has 8 heteroatoms. The number of rotatable bonds is 7. The van der Waals surface area contributed by atoms with Crippen LogP contribution in [0.4, 0.5) is 5.82 Å². The van der Waals surface area contributed by atoms with Crippen molar-refractivity contribution in [3.8, 4) is 11.6 Å². The molecular weight excluding hydrogens is 438 g/mol. The molecule has 0 aliphatic heterocycles. The van der Waals surface area contributed by atoms with Gasteiger partial charge in [0, 0.05) is 5.41 Å².